The van der Waals surface area contributed by atoms with Crippen LogP contribution in [0.2, 0.25) is 0 Å². The number of carbonyl (C=O) groups excluding carboxylic acids is 3. The lowest BCUT2D eigenvalue weighted by Crippen LogP contribution is -2.65. The number of sulfonamides is 1. The highest BCUT2D eigenvalue weighted by atomic mass is 32.2. The number of thiazole rings is 1. The molecule has 46 heavy (non-hydrogen) atoms. The monoisotopic (exact) mass is 662 g/mol. The Bertz CT molecular complexity index is 1880. The Balaban J connectivity index is 1.28. The molecule has 0 unspecified atom stereocenters. The van der Waals surface area contributed by atoms with Crippen molar-refractivity contribution < 1.29 is 22.8 Å². The zero-order valence-electron chi connectivity index (χ0n) is 25.3. The van der Waals surface area contributed by atoms with E-state index in [1.54, 1.807) is 46.1 Å². The van der Waals surface area contributed by atoms with Crippen molar-refractivity contribution >= 4 is 60.2 Å². The molecule has 0 saturated carbocycles. The maximum Gasteiger partial charge on any atom is 0.332 e. The molecule has 4 N–H and O–H groups in total. The summed E-state index contributed by atoms with van der Waals surface area (Å²) < 4.78 is 26.7. The number of nitrogen functional groups attached to an aromatic ring is 1. The van der Waals surface area contributed by atoms with Crippen molar-refractivity contribution in [2.24, 2.45) is 0 Å². The smallest absolute Gasteiger partial charge is 0.332 e. The van der Waals surface area contributed by atoms with Crippen molar-refractivity contribution in [3.63, 3.8) is 0 Å². The number of nitrogens with one attached hydrogen (secondary N) is 2. The SMILES string of the molecule is CN(C(=O)NCc1ccccc1)N1CC(=O)N2[C@@H](Cc3ccc(NS(C)(=O)=O)cc3)C(=O)N(Cc3cccc4sc(N)nc34)C[C@@H]21. The van der Waals surface area contributed by atoms with Gasteiger partial charge in [0.15, 0.2) is 5.13 Å². The molecule has 6 rings (SSSR count). The molecular weight excluding hydrogens is 629 g/mol. The number of aromatic nitrogens is 1. The number of rotatable bonds is 9. The van der Waals surface area contributed by atoms with Crippen LogP contribution in [0, 0.1) is 0 Å². The first-order valence-corrected chi connectivity index (χ1v) is 17.3. The molecule has 3 aromatic carbocycles. The van der Waals surface area contributed by atoms with E-state index in [9.17, 15) is 22.8 Å². The summed E-state index contributed by atoms with van der Waals surface area (Å²) in [6, 6.07) is 20.7. The Labute approximate surface area is 270 Å². The summed E-state index contributed by atoms with van der Waals surface area (Å²) >= 11 is 1.37. The van der Waals surface area contributed by atoms with Crippen LogP contribution in [0.5, 0.6) is 0 Å². The summed E-state index contributed by atoms with van der Waals surface area (Å²) in [4.78, 5) is 48.8. The van der Waals surface area contributed by atoms with Gasteiger partial charge in [0, 0.05) is 32.2 Å². The lowest BCUT2D eigenvalue weighted by molar-refractivity contribution is -0.157. The zero-order chi connectivity index (χ0) is 32.6. The lowest BCUT2D eigenvalue weighted by atomic mass is 9.99. The summed E-state index contributed by atoms with van der Waals surface area (Å²) in [6.07, 6.45) is 0.663. The normalized spacial score (nSPS) is 18.6. The van der Waals surface area contributed by atoms with Crippen LogP contribution in [0.1, 0.15) is 16.7 Å². The Kier molecular flexibility index (Phi) is 8.55. The molecule has 1 aromatic heterocycles. The topological polar surface area (TPSA) is 161 Å². The van der Waals surface area contributed by atoms with E-state index in [0.29, 0.717) is 17.4 Å². The van der Waals surface area contributed by atoms with Gasteiger partial charge in [-0.3, -0.25) is 19.3 Å². The molecule has 13 nitrogen and oxygen atoms in total. The van der Waals surface area contributed by atoms with Gasteiger partial charge in [0.25, 0.3) is 0 Å². The number of hydrogen-bond acceptors (Lipinski definition) is 9. The van der Waals surface area contributed by atoms with E-state index < -0.39 is 22.2 Å². The average molecular weight is 663 g/mol. The van der Waals surface area contributed by atoms with E-state index in [0.717, 1.165) is 33.2 Å². The molecular formula is C31H34N8O5S2. The molecule has 4 amide bonds. The number of carbonyl (C=O) groups is 3. The van der Waals surface area contributed by atoms with Gasteiger partial charge >= 0.3 is 6.03 Å². The van der Waals surface area contributed by atoms with E-state index in [4.69, 9.17) is 5.73 Å². The minimum absolute atomic E-state index is 0.0764. The first kappa shape index (κ1) is 31.3. The Morgan fingerprint density at radius 3 is 2.50 bits per heavy atom. The van der Waals surface area contributed by atoms with Crippen molar-refractivity contribution in [1.29, 1.82) is 0 Å². The minimum Gasteiger partial charge on any atom is -0.375 e. The summed E-state index contributed by atoms with van der Waals surface area (Å²) in [5.74, 6) is -0.503. The van der Waals surface area contributed by atoms with Gasteiger partial charge in [-0.25, -0.2) is 18.2 Å². The quantitative estimate of drug-likeness (QED) is 0.246. The van der Waals surface area contributed by atoms with Crippen LogP contribution >= 0.6 is 11.3 Å². The molecule has 0 spiro atoms. The molecule has 2 aliphatic heterocycles. The highest BCUT2D eigenvalue weighted by Gasteiger charge is 2.51. The molecule has 240 valence electrons. The number of para-hydroxylation sites is 1. The molecule has 15 heteroatoms. The van der Waals surface area contributed by atoms with Gasteiger partial charge in [0.2, 0.25) is 21.8 Å². The van der Waals surface area contributed by atoms with Gasteiger partial charge in [0.05, 0.1) is 29.6 Å². The van der Waals surface area contributed by atoms with Gasteiger partial charge in [0.1, 0.15) is 12.2 Å². The Morgan fingerprint density at radius 1 is 1.04 bits per heavy atom. The Hall–Kier alpha value is -4.73. The van der Waals surface area contributed by atoms with E-state index in [1.165, 1.54) is 16.3 Å². The number of benzene rings is 3. The van der Waals surface area contributed by atoms with Crippen molar-refractivity contribution in [2.45, 2.75) is 31.7 Å². The standard InChI is InChI=1S/C31H34N8O5S2/c1-36(31(42)33-16-21-7-4-3-5-8-21)38-19-27(40)39-24(15-20-11-13-23(14-12-20)35-46(2,43)44)29(41)37(18-26(38)39)17-22-9-6-10-25-28(22)34-30(32)45-25/h3-14,24,26,35H,15-19H2,1-2H3,(H2,32,34)(H,33,42)/t24-,26+/m0/s1. The van der Waals surface area contributed by atoms with Crippen molar-refractivity contribution in [1.82, 2.24) is 30.1 Å². The van der Waals surface area contributed by atoms with Gasteiger partial charge in [-0.05, 0) is 34.9 Å². The van der Waals surface area contributed by atoms with E-state index in [-0.39, 0.29) is 43.9 Å². The third-order valence-electron chi connectivity index (χ3n) is 8.10. The lowest BCUT2D eigenvalue weighted by Gasteiger charge is -2.45. The van der Waals surface area contributed by atoms with Crippen LogP contribution in [0.25, 0.3) is 10.2 Å². The molecule has 2 fully saturated rings. The van der Waals surface area contributed by atoms with Crippen LogP contribution in [0.15, 0.2) is 72.8 Å². The number of amides is 4. The molecule has 0 aliphatic carbocycles. The van der Waals surface area contributed by atoms with Gasteiger partial charge in [-0.1, -0.05) is 65.9 Å². The second-order valence-corrected chi connectivity index (χ2v) is 14.2. The summed E-state index contributed by atoms with van der Waals surface area (Å²) in [5, 5.41) is 6.44. The molecule has 2 aliphatic rings. The van der Waals surface area contributed by atoms with Gasteiger partial charge < -0.3 is 20.9 Å². The van der Waals surface area contributed by atoms with Crippen LogP contribution in [0.3, 0.4) is 0 Å². The van der Waals surface area contributed by atoms with Crippen LogP contribution < -0.4 is 15.8 Å². The second kappa shape index (κ2) is 12.6. The molecule has 0 bridgehead atoms. The van der Waals surface area contributed by atoms with Crippen molar-refractivity contribution in [2.75, 3.05) is 36.8 Å². The predicted molar refractivity (Wildman–Crippen MR) is 176 cm³/mol. The zero-order valence-corrected chi connectivity index (χ0v) is 26.9. The van der Waals surface area contributed by atoms with E-state index in [1.807, 2.05) is 48.5 Å². The van der Waals surface area contributed by atoms with E-state index in [2.05, 4.69) is 15.0 Å². The number of hydrazine groups is 1. The fraction of sp³-hybridized carbons (Fsp3) is 0.290. The number of urea groups is 1. The number of hydrogen-bond donors (Lipinski definition) is 3. The highest BCUT2D eigenvalue weighted by Crippen LogP contribution is 2.32. The fourth-order valence-electron chi connectivity index (χ4n) is 5.96. The number of fused-ring (bicyclic) bond motifs is 2. The fourth-order valence-corrected chi connectivity index (χ4v) is 7.30. The molecule has 4 aromatic rings. The molecule has 2 saturated heterocycles. The van der Waals surface area contributed by atoms with Crippen molar-refractivity contribution in [3.05, 3.63) is 89.5 Å². The Morgan fingerprint density at radius 2 is 1.78 bits per heavy atom. The second-order valence-electron chi connectivity index (χ2n) is 11.4. The maximum atomic E-state index is 14.2. The number of piperazine rings is 1. The predicted octanol–water partition coefficient (Wildman–Crippen LogP) is 2.43. The first-order valence-electron chi connectivity index (χ1n) is 14.6. The average Bonchev–Trinajstić information content (AvgIpc) is 3.57. The van der Waals surface area contributed by atoms with E-state index >= 15 is 0 Å². The third kappa shape index (κ3) is 6.61. The summed E-state index contributed by atoms with van der Waals surface area (Å²) in [6.45, 7) is 0.652. The summed E-state index contributed by atoms with van der Waals surface area (Å²) in [7, 11) is -1.85. The third-order valence-corrected chi connectivity index (χ3v) is 9.56. The van der Waals surface area contributed by atoms with Gasteiger partial charge in [-0.15, -0.1) is 0 Å². The van der Waals surface area contributed by atoms with Crippen molar-refractivity contribution in [3.8, 4) is 0 Å². The minimum atomic E-state index is -3.46. The number of anilines is 2. The first-order chi connectivity index (χ1) is 22.0. The van der Waals surface area contributed by atoms with Crippen LogP contribution in [-0.4, -0.2) is 89.7 Å². The van der Waals surface area contributed by atoms with Crippen LogP contribution in [-0.2, 0) is 39.1 Å². The largest absolute Gasteiger partial charge is 0.375 e. The molecule has 0 radical (unpaired) electrons. The molecule has 3 heterocycles. The highest BCUT2D eigenvalue weighted by molar-refractivity contribution is 7.92. The molecule has 2 atom stereocenters. The summed E-state index contributed by atoms with van der Waals surface area (Å²) in [5.41, 5.74) is 9.62. The maximum absolute atomic E-state index is 14.2. The number of nitrogens with two attached hydrogens (primary N) is 1. The number of nitrogens with zero attached hydrogens (tertiary/aromatic N) is 5. The van der Waals surface area contributed by atoms with Crippen LogP contribution in [0.4, 0.5) is 15.6 Å². The van der Waals surface area contributed by atoms with Gasteiger partial charge in [-0.2, -0.15) is 5.01 Å².